The molecule has 10 heavy (non-hydrogen) atoms. The molecule has 0 fully saturated rings. The highest BCUT2D eigenvalue weighted by Gasteiger charge is 1.75. The summed E-state index contributed by atoms with van der Waals surface area (Å²) in [6.45, 7) is 6.70. The van der Waals surface area contributed by atoms with Crippen molar-refractivity contribution in [1.29, 1.82) is 0 Å². The maximum Gasteiger partial charge on any atom is 0.105 e. The predicted octanol–water partition coefficient (Wildman–Crippen LogP) is 4.11. The third-order valence-electron chi connectivity index (χ3n) is 0.0714. The Morgan fingerprint density at radius 2 is 1.20 bits per heavy atom. The Hall–Kier alpha value is 1.16. The second-order valence-corrected chi connectivity index (χ2v) is 3.19. The molecule has 0 rings (SSSR count). The van der Waals surface area contributed by atoms with E-state index in [1.807, 2.05) is 0 Å². The number of hydrogen-bond acceptors (Lipinski definition) is 0. The molecule has 0 aliphatic heterocycles. The van der Waals surface area contributed by atoms with E-state index in [-0.39, 0.29) is 4.84 Å². The summed E-state index contributed by atoms with van der Waals surface area (Å²) in [5.74, 6) is 1.11. The molecule has 1 radical (unpaired) electrons. The Bertz CT molecular complexity index is 26.2. The molecule has 0 aliphatic carbocycles. The number of rotatable bonds is 1. The van der Waals surface area contributed by atoms with Gasteiger partial charge in [0.15, 0.2) is 0 Å². The number of halogens is 4. The van der Waals surface area contributed by atoms with Crippen LogP contribution in [-0.2, 0) is 0 Å². The Morgan fingerprint density at radius 1 is 1.10 bits per heavy atom. The third kappa shape index (κ3) is 131. The molecule has 4 heteroatoms. The van der Waals surface area contributed by atoms with Gasteiger partial charge in [-0.1, -0.05) is 13.8 Å². The summed E-state index contributed by atoms with van der Waals surface area (Å²) in [7, 11) is 0. The first-order valence-electron chi connectivity index (χ1n) is 2.76. The van der Waals surface area contributed by atoms with Crippen LogP contribution in [0.1, 0.15) is 13.8 Å². The Kier molecular flexibility index (Phi) is 38.9. The molecule has 0 spiro atoms. The van der Waals surface area contributed by atoms with Crippen LogP contribution in [0.3, 0.4) is 0 Å². The molecule has 0 bridgehead atoms. The van der Waals surface area contributed by atoms with E-state index in [1.54, 1.807) is 13.8 Å². The summed E-state index contributed by atoms with van der Waals surface area (Å²) in [4.78, 5) is -0.222. The SMILES string of the molecule is CC(Cl)Cl.ClCCCl.[CH2]C. The van der Waals surface area contributed by atoms with E-state index < -0.39 is 0 Å². The standard InChI is InChI=1S/2C2H4Cl2.C2H5/c1-2(3)4;3-1-2-4;1-2/h2H,1H3;1-2H2;1H2,2H3. The van der Waals surface area contributed by atoms with Crippen molar-refractivity contribution in [3.8, 4) is 0 Å². The minimum Gasteiger partial charge on any atom is -0.125 e. The van der Waals surface area contributed by atoms with Crippen LogP contribution in [0.4, 0.5) is 0 Å². The highest BCUT2D eigenvalue weighted by Crippen LogP contribution is 1.95. The van der Waals surface area contributed by atoms with Gasteiger partial charge in [0.2, 0.25) is 0 Å². The van der Waals surface area contributed by atoms with E-state index in [2.05, 4.69) is 6.92 Å². The van der Waals surface area contributed by atoms with E-state index >= 15 is 0 Å². The molecule has 0 heterocycles. The average molecular weight is 227 g/mol. The van der Waals surface area contributed by atoms with Crippen LogP contribution in [0, 0.1) is 6.92 Å². The van der Waals surface area contributed by atoms with Gasteiger partial charge in [-0.2, -0.15) is 0 Å². The monoisotopic (exact) mass is 225 g/mol. The predicted molar refractivity (Wildman–Crippen MR) is 53.6 cm³/mol. The summed E-state index contributed by atoms with van der Waals surface area (Å²) in [6.07, 6.45) is 0. The van der Waals surface area contributed by atoms with E-state index in [0.29, 0.717) is 11.8 Å². The Labute approximate surface area is 83.8 Å². The zero-order valence-electron chi connectivity index (χ0n) is 6.21. The minimum atomic E-state index is -0.222. The summed E-state index contributed by atoms with van der Waals surface area (Å²) in [5, 5.41) is 0. The fourth-order valence-electron chi connectivity index (χ4n) is 0. The van der Waals surface area contributed by atoms with Crippen molar-refractivity contribution in [3.63, 3.8) is 0 Å². The Morgan fingerprint density at radius 3 is 1.20 bits per heavy atom. The fourth-order valence-corrected chi connectivity index (χ4v) is 0. The molecule has 0 saturated carbocycles. The molecular formula is C6H13Cl4. The summed E-state index contributed by atoms with van der Waals surface area (Å²) in [5.41, 5.74) is 0. The maximum absolute atomic E-state index is 5.05. The van der Waals surface area contributed by atoms with Crippen molar-refractivity contribution >= 4 is 46.4 Å². The van der Waals surface area contributed by atoms with Crippen LogP contribution in [0.15, 0.2) is 0 Å². The van der Waals surface area contributed by atoms with Gasteiger partial charge in [0.05, 0.1) is 0 Å². The van der Waals surface area contributed by atoms with Crippen molar-refractivity contribution in [2.45, 2.75) is 18.7 Å². The first-order chi connectivity index (χ1) is 4.65. The molecule has 0 saturated heterocycles. The van der Waals surface area contributed by atoms with Gasteiger partial charge in [0.1, 0.15) is 4.84 Å². The van der Waals surface area contributed by atoms with Gasteiger partial charge in [0.25, 0.3) is 0 Å². The zero-order valence-corrected chi connectivity index (χ0v) is 9.23. The number of alkyl halides is 4. The average Bonchev–Trinajstić information content (AvgIpc) is 1.91. The molecule has 0 nitrogen and oxygen atoms in total. The summed E-state index contributed by atoms with van der Waals surface area (Å²) >= 11 is 20.2. The molecule has 0 aromatic heterocycles. The van der Waals surface area contributed by atoms with Crippen molar-refractivity contribution in [2.24, 2.45) is 0 Å². The van der Waals surface area contributed by atoms with Crippen LogP contribution in [0.5, 0.6) is 0 Å². The number of hydrogen-bond donors (Lipinski definition) is 0. The lowest BCUT2D eigenvalue weighted by molar-refractivity contribution is 1.39. The van der Waals surface area contributed by atoms with E-state index in [1.165, 1.54) is 0 Å². The second kappa shape index (κ2) is 22.5. The lowest BCUT2D eigenvalue weighted by atomic mass is 11.0. The topological polar surface area (TPSA) is 0 Å². The minimum absolute atomic E-state index is 0.222. The first kappa shape index (κ1) is 17.3. The highest BCUT2D eigenvalue weighted by atomic mass is 35.5. The quantitative estimate of drug-likeness (QED) is 0.591. The molecule has 0 aromatic rings. The van der Waals surface area contributed by atoms with Crippen LogP contribution >= 0.6 is 46.4 Å². The smallest absolute Gasteiger partial charge is 0.105 e. The van der Waals surface area contributed by atoms with Gasteiger partial charge in [-0.15, -0.1) is 46.4 Å². The molecule has 0 amide bonds. The van der Waals surface area contributed by atoms with Crippen molar-refractivity contribution in [1.82, 2.24) is 0 Å². The van der Waals surface area contributed by atoms with Crippen LogP contribution in [0.25, 0.3) is 0 Å². The second-order valence-electron chi connectivity index (χ2n) is 0.897. The lowest BCUT2D eigenvalue weighted by Crippen LogP contribution is -1.63. The van der Waals surface area contributed by atoms with Gasteiger partial charge < -0.3 is 0 Å². The summed E-state index contributed by atoms with van der Waals surface area (Å²) < 4.78 is 0. The van der Waals surface area contributed by atoms with Crippen molar-refractivity contribution < 1.29 is 0 Å². The highest BCUT2D eigenvalue weighted by molar-refractivity contribution is 6.43. The van der Waals surface area contributed by atoms with Crippen LogP contribution < -0.4 is 0 Å². The molecule has 65 valence electrons. The van der Waals surface area contributed by atoms with E-state index in [9.17, 15) is 0 Å². The van der Waals surface area contributed by atoms with Gasteiger partial charge >= 0.3 is 0 Å². The summed E-state index contributed by atoms with van der Waals surface area (Å²) in [6, 6.07) is 0. The third-order valence-corrected chi connectivity index (χ3v) is 0.643. The van der Waals surface area contributed by atoms with Gasteiger partial charge in [-0.3, -0.25) is 0 Å². The lowest BCUT2D eigenvalue weighted by Gasteiger charge is -1.72. The van der Waals surface area contributed by atoms with Crippen molar-refractivity contribution in [3.05, 3.63) is 6.92 Å². The fraction of sp³-hybridized carbons (Fsp3) is 0.833. The maximum atomic E-state index is 5.05. The van der Waals surface area contributed by atoms with Crippen LogP contribution in [0.2, 0.25) is 0 Å². The van der Waals surface area contributed by atoms with Crippen LogP contribution in [-0.4, -0.2) is 16.6 Å². The molecular weight excluding hydrogens is 214 g/mol. The zero-order chi connectivity index (χ0) is 8.99. The largest absolute Gasteiger partial charge is 0.125 e. The molecule has 0 aliphatic rings. The normalized spacial score (nSPS) is 7.20. The Balaban J connectivity index is -0.0000000787. The van der Waals surface area contributed by atoms with E-state index in [4.69, 9.17) is 46.4 Å². The van der Waals surface area contributed by atoms with Gasteiger partial charge in [0, 0.05) is 11.8 Å². The molecule has 0 aromatic carbocycles. The first-order valence-corrected chi connectivity index (χ1v) is 4.70. The molecule has 0 unspecified atom stereocenters. The van der Waals surface area contributed by atoms with Gasteiger partial charge in [-0.05, 0) is 6.92 Å². The molecule has 0 N–H and O–H groups in total. The van der Waals surface area contributed by atoms with Crippen molar-refractivity contribution in [2.75, 3.05) is 11.8 Å². The van der Waals surface area contributed by atoms with Gasteiger partial charge in [-0.25, -0.2) is 0 Å². The molecule has 0 atom stereocenters. The van der Waals surface area contributed by atoms with E-state index in [0.717, 1.165) is 0 Å².